The molecule has 0 fully saturated rings. The largest absolute Gasteiger partial charge is 2.00 e. The molecule has 0 radical (unpaired) electrons. The molecule has 9 heteroatoms. The van der Waals surface area contributed by atoms with Crippen LogP contribution in [0.2, 0.25) is 0 Å². The van der Waals surface area contributed by atoms with E-state index in [0.29, 0.717) is 24.0 Å². The normalized spacial score (nSPS) is 11.7. The first kappa shape index (κ1) is 47.6. The summed E-state index contributed by atoms with van der Waals surface area (Å²) in [5, 5.41) is 3.58. The molecule has 0 aliphatic carbocycles. The Morgan fingerprint density at radius 3 is 0.906 bits per heavy atom. The number of hydrogen-bond donors (Lipinski definition) is 0. The fraction of sp³-hybridized carbons (Fsp3) is 0.545. The van der Waals surface area contributed by atoms with Crippen molar-refractivity contribution in [2.75, 3.05) is 0 Å². The first-order valence-corrected chi connectivity index (χ1v) is 22.8. The van der Waals surface area contributed by atoms with Gasteiger partial charge in [-0.05, 0) is 82.6 Å². The van der Waals surface area contributed by atoms with Crippen LogP contribution in [0, 0.1) is 0 Å². The van der Waals surface area contributed by atoms with Gasteiger partial charge in [-0.1, -0.05) is 178 Å². The van der Waals surface area contributed by atoms with Crippen molar-refractivity contribution >= 4 is 79.5 Å². The van der Waals surface area contributed by atoms with Crippen LogP contribution in [0.4, 0.5) is 0 Å². The van der Waals surface area contributed by atoms with Crippen molar-refractivity contribution in [2.24, 2.45) is 0 Å². The second-order valence-electron chi connectivity index (χ2n) is 14.4. The van der Waals surface area contributed by atoms with E-state index in [4.69, 9.17) is 0 Å². The molecule has 0 aromatic heterocycles. The maximum absolute atomic E-state index is 11.6. The summed E-state index contributed by atoms with van der Waals surface area (Å²) in [4.78, 5) is -0.0979. The van der Waals surface area contributed by atoms with Crippen LogP contribution in [0.3, 0.4) is 0 Å². The fourth-order valence-electron chi connectivity index (χ4n) is 7.00. The third kappa shape index (κ3) is 18.3. The molecule has 4 aromatic rings. The van der Waals surface area contributed by atoms with Crippen LogP contribution < -0.4 is 0 Å². The standard InChI is InChI=1S/2C22H32O3S.Ca/c2*1-2-3-4-5-6-7-8-9-10-11-16-21-17-19-14-12-13-15-20(19)18-22(21)26(23,24)25;/h2*12-15,17-18H,2-11,16H2,1H3,(H,23,24,25);/q;;+2/p-2. The summed E-state index contributed by atoms with van der Waals surface area (Å²) in [6.07, 6.45) is 26.1. The molecule has 0 saturated carbocycles. The Morgan fingerprint density at radius 2 is 0.642 bits per heavy atom. The number of fused-ring (bicyclic) bond motifs is 2. The van der Waals surface area contributed by atoms with Crippen molar-refractivity contribution in [3.63, 3.8) is 0 Å². The first-order chi connectivity index (χ1) is 25.0. The number of aryl methyl sites for hydroxylation is 2. The fourth-order valence-corrected chi connectivity index (χ4v) is 8.50. The van der Waals surface area contributed by atoms with E-state index < -0.39 is 20.2 Å². The van der Waals surface area contributed by atoms with E-state index >= 15 is 0 Å². The summed E-state index contributed by atoms with van der Waals surface area (Å²) in [6.45, 7) is 4.47. The monoisotopic (exact) mass is 790 g/mol. The molecule has 4 rings (SSSR count). The van der Waals surface area contributed by atoms with Gasteiger partial charge in [-0.25, -0.2) is 16.8 Å². The molecule has 0 unspecified atom stereocenters. The van der Waals surface area contributed by atoms with Gasteiger partial charge >= 0.3 is 37.7 Å². The van der Waals surface area contributed by atoms with Crippen LogP contribution in [0.5, 0.6) is 0 Å². The summed E-state index contributed by atoms with van der Waals surface area (Å²) >= 11 is 0. The Balaban J connectivity index is 0.000000360. The minimum absolute atomic E-state index is 0. The molecule has 0 spiro atoms. The van der Waals surface area contributed by atoms with Gasteiger partial charge in [-0.15, -0.1) is 0 Å². The van der Waals surface area contributed by atoms with Crippen molar-refractivity contribution in [3.8, 4) is 0 Å². The Kier molecular flexibility index (Phi) is 23.7. The van der Waals surface area contributed by atoms with Crippen molar-refractivity contribution in [1.29, 1.82) is 0 Å². The van der Waals surface area contributed by atoms with Gasteiger partial charge in [0.05, 0.1) is 9.79 Å². The summed E-state index contributed by atoms with van der Waals surface area (Å²) in [5.41, 5.74) is 1.33. The van der Waals surface area contributed by atoms with Gasteiger partial charge in [0.15, 0.2) is 0 Å². The van der Waals surface area contributed by atoms with Crippen molar-refractivity contribution < 1.29 is 25.9 Å². The van der Waals surface area contributed by atoms with E-state index in [-0.39, 0.29) is 47.5 Å². The zero-order valence-corrected chi connectivity index (χ0v) is 36.3. The van der Waals surface area contributed by atoms with Gasteiger partial charge in [0.1, 0.15) is 20.2 Å². The zero-order chi connectivity index (χ0) is 37.7. The first-order valence-electron chi connectivity index (χ1n) is 20.0. The average Bonchev–Trinajstić information content (AvgIpc) is 3.12. The molecular weight excluding hydrogens is 729 g/mol. The quantitative estimate of drug-likeness (QED) is 0.0396. The van der Waals surface area contributed by atoms with E-state index in [1.807, 2.05) is 60.7 Å². The molecule has 4 aromatic carbocycles. The molecule has 0 saturated heterocycles. The number of unbranched alkanes of at least 4 members (excludes halogenated alkanes) is 18. The summed E-state index contributed by atoms with van der Waals surface area (Å²) in [7, 11) is -8.87. The molecular formula is C44H62CaO6S2. The molecule has 6 nitrogen and oxygen atoms in total. The predicted octanol–water partition coefficient (Wildman–Crippen LogP) is 12.0. The Hall–Kier alpha value is -1.52. The van der Waals surface area contributed by atoms with Crippen LogP contribution in [0.15, 0.2) is 82.6 Å². The third-order valence-corrected chi connectivity index (χ3v) is 11.8. The maximum atomic E-state index is 11.6. The number of rotatable bonds is 24. The smallest absolute Gasteiger partial charge is 0.744 e. The van der Waals surface area contributed by atoms with E-state index in [0.717, 1.165) is 47.2 Å². The van der Waals surface area contributed by atoms with Crippen molar-refractivity contribution in [3.05, 3.63) is 83.9 Å². The molecule has 288 valence electrons. The topological polar surface area (TPSA) is 114 Å². The van der Waals surface area contributed by atoms with Gasteiger partial charge in [0, 0.05) is 0 Å². The third-order valence-electron chi connectivity index (χ3n) is 10.00. The Morgan fingerprint density at radius 1 is 0.396 bits per heavy atom. The second-order valence-corrected chi connectivity index (χ2v) is 17.1. The minimum atomic E-state index is -4.44. The summed E-state index contributed by atoms with van der Waals surface area (Å²) in [5.74, 6) is 0. The molecule has 53 heavy (non-hydrogen) atoms. The van der Waals surface area contributed by atoms with Crippen LogP contribution >= 0.6 is 0 Å². The van der Waals surface area contributed by atoms with Crippen molar-refractivity contribution in [2.45, 2.75) is 165 Å². The van der Waals surface area contributed by atoms with E-state index in [9.17, 15) is 25.9 Å². The van der Waals surface area contributed by atoms with E-state index in [2.05, 4.69) is 13.8 Å². The van der Waals surface area contributed by atoms with Gasteiger partial charge in [-0.2, -0.15) is 0 Å². The van der Waals surface area contributed by atoms with Crippen LogP contribution in [0.1, 0.15) is 153 Å². The predicted molar refractivity (Wildman–Crippen MR) is 221 cm³/mol. The molecule has 0 N–H and O–H groups in total. The Labute approximate surface area is 351 Å². The second kappa shape index (κ2) is 26.4. The van der Waals surface area contributed by atoms with Crippen LogP contribution in [-0.2, 0) is 33.1 Å². The SMILES string of the molecule is CCCCCCCCCCCCc1cc2ccccc2cc1S(=O)(=O)[O-].CCCCCCCCCCCCc1cc2ccccc2cc1S(=O)(=O)[O-].[Ca+2]. The molecule has 0 heterocycles. The number of benzene rings is 4. The molecule has 0 amide bonds. The van der Waals surface area contributed by atoms with Crippen LogP contribution in [-0.4, -0.2) is 63.7 Å². The van der Waals surface area contributed by atoms with E-state index in [1.165, 1.54) is 115 Å². The Bertz CT molecular complexity index is 1700. The number of hydrogen-bond acceptors (Lipinski definition) is 6. The maximum Gasteiger partial charge on any atom is 2.00 e. The average molecular weight is 791 g/mol. The molecule has 0 atom stereocenters. The summed E-state index contributed by atoms with van der Waals surface area (Å²) < 4.78 is 69.7. The zero-order valence-electron chi connectivity index (χ0n) is 32.5. The van der Waals surface area contributed by atoms with Gasteiger partial charge < -0.3 is 9.11 Å². The van der Waals surface area contributed by atoms with Gasteiger partial charge in [-0.3, -0.25) is 0 Å². The van der Waals surface area contributed by atoms with Crippen LogP contribution in [0.25, 0.3) is 21.5 Å². The van der Waals surface area contributed by atoms with E-state index in [1.54, 1.807) is 0 Å². The van der Waals surface area contributed by atoms with Crippen molar-refractivity contribution in [1.82, 2.24) is 0 Å². The molecule has 0 aliphatic heterocycles. The van der Waals surface area contributed by atoms with Gasteiger partial charge in [0.25, 0.3) is 0 Å². The summed E-state index contributed by atoms with van der Waals surface area (Å²) in [6, 6.07) is 22.0. The minimum Gasteiger partial charge on any atom is -0.744 e. The van der Waals surface area contributed by atoms with Gasteiger partial charge in [0.2, 0.25) is 0 Å². The molecule has 0 bridgehead atoms. The molecule has 0 aliphatic rings.